The van der Waals surface area contributed by atoms with E-state index in [0.717, 1.165) is 0 Å². The first-order valence-corrected chi connectivity index (χ1v) is 6.35. The van der Waals surface area contributed by atoms with E-state index >= 15 is 0 Å². The summed E-state index contributed by atoms with van der Waals surface area (Å²) in [4.78, 5) is 11.2. The number of halogens is 1. The summed E-state index contributed by atoms with van der Waals surface area (Å²) in [7, 11) is 0. The zero-order chi connectivity index (χ0) is 14.3. The first kappa shape index (κ1) is 15.4. The van der Waals surface area contributed by atoms with Crippen molar-refractivity contribution in [1.29, 1.82) is 0 Å². The van der Waals surface area contributed by atoms with Gasteiger partial charge in [0.25, 0.3) is 0 Å². The van der Waals surface area contributed by atoms with Crippen molar-refractivity contribution in [2.75, 3.05) is 13.2 Å². The lowest BCUT2D eigenvalue weighted by Crippen LogP contribution is -2.49. The minimum Gasteiger partial charge on any atom is -0.494 e. The molecule has 2 N–H and O–H groups in total. The van der Waals surface area contributed by atoms with Gasteiger partial charge in [-0.15, -0.1) is 0 Å². The van der Waals surface area contributed by atoms with E-state index in [4.69, 9.17) is 9.84 Å². The quantitative estimate of drug-likeness (QED) is 0.712. The van der Waals surface area contributed by atoms with E-state index in [9.17, 15) is 9.18 Å². The Bertz CT molecular complexity index is 408. The van der Waals surface area contributed by atoms with Crippen molar-refractivity contribution in [2.24, 2.45) is 0 Å². The maximum Gasteiger partial charge on any atom is 0.323 e. The number of benzene rings is 1. The monoisotopic (exact) mass is 269 g/mol. The molecule has 5 heteroatoms. The molecule has 0 bridgehead atoms. The fraction of sp³-hybridized carbons (Fsp3) is 0.500. The lowest BCUT2D eigenvalue weighted by Gasteiger charge is -2.25. The Morgan fingerprint density at radius 2 is 2.05 bits per heavy atom. The highest BCUT2D eigenvalue weighted by Crippen LogP contribution is 2.15. The summed E-state index contributed by atoms with van der Waals surface area (Å²) in [6.07, 6.45) is 1.07. The maximum atomic E-state index is 12.7. The van der Waals surface area contributed by atoms with Gasteiger partial charge in [0, 0.05) is 0 Å². The van der Waals surface area contributed by atoms with Crippen LogP contribution in [0.1, 0.15) is 26.7 Å². The van der Waals surface area contributed by atoms with Crippen molar-refractivity contribution >= 4 is 5.97 Å². The second-order valence-electron chi connectivity index (χ2n) is 4.57. The summed E-state index contributed by atoms with van der Waals surface area (Å²) < 4.78 is 18.1. The van der Waals surface area contributed by atoms with E-state index in [0.29, 0.717) is 31.7 Å². The zero-order valence-electron chi connectivity index (χ0n) is 11.3. The van der Waals surface area contributed by atoms with Gasteiger partial charge in [-0.2, -0.15) is 0 Å². The number of rotatable bonds is 8. The number of hydrogen-bond donors (Lipinski definition) is 2. The van der Waals surface area contributed by atoms with Crippen molar-refractivity contribution in [3.05, 3.63) is 30.1 Å². The fourth-order valence-corrected chi connectivity index (χ4v) is 1.81. The van der Waals surface area contributed by atoms with Gasteiger partial charge in [0.1, 0.15) is 17.1 Å². The van der Waals surface area contributed by atoms with Gasteiger partial charge < -0.3 is 15.2 Å². The standard InChI is InChI=1S/C14H20FNO3/c1-3-16-14(2,13(17)18)9-4-10-19-12-7-5-11(15)6-8-12/h5-8,16H,3-4,9-10H2,1-2H3,(H,17,18). The predicted molar refractivity (Wildman–Crippen MR) is 70.8 cm³/mol. The highest BCUT2D eigenvalue weighted by Gasteiger charge is 2.31. The first-order chi connectivity index (χ1) is 8.98. The summed E-state index contributed by atoms with van der Waals surface area (Å²) in [6, 6.07) is 5.76. The van der Waals surface area contributed by atoms with Crippen LogP contribution in [-0.4, -0.2) is 29.8 Å². The van der Waals surface area contributed by atoms with Crippen LogP contribution in [0.3, 0.4) is 0 Å². The molecular weight excluding hydrogens is 249 g/mol. The van der Waals surface area contributed by atoms with Gasteiger partial charge in [0.05, 0.1) is 6.61 Å². The zero-order valence-corrected chi connectivity index (χ0v) is 11.3. The fourth-order valence-electron chi connectivity index (χ4n) is 1.81. The Balaban J connectivity index is 2.36. The largest absolute Gasteiger partial charge is 0.494 e. The van der Waals surface area contributed by atoms with Gasteiger partial charge in [-0.1, -0.05) is 6.92 Å². The molecule has 1 aromatic carbocycles. The molecule has 0 fully saturated rings. The molecule has 0 aliphatic carbocycles. The van der Waals surface area contributed by atoms with E-state index in [1.807, 2.05) is 6.92 Å². The molecule has 0 aliphatic rings. The van der Waals surface area contributed by atoms with Crippen molar-refractivity contribution in [3.63, 3.8) is 0 Å². The number of ether oxygens (including phenoxy) is 1. The summed E-state index contributed by atoms with van der Waals surface area (Å²) in [5, 5.41) is 12.1. The van der Waals surface area contributed by atoms with E-state index in [2.05, 4.69) is 5.32 Å². The first-order valence-electron chi connectivity index (χ1n) is 6.35. The molecular formula is C14H20FNO3. The van der Waals surface area contributed by atoms with Crippen molar-refractivity contribution in [1.82, 2.24) is 5.32 Å². The number of carboxylic acid groups (broad SMARTS) is 1. The Kier molecular flexibility index (Phi) is 5.76. The molecule has 0 heterocycles. The smallest absolute Gasteiger partial charge is 0.323 e. The molecule has 19 heavy (non-hydrogen) atoms. The van der Waals surface area contributed by atoms with Gasteiger partial charge in [0.15, 0.2) is 0 Å². The normalized spacial score (nSPS) is 13.8. The molecule has 1 rings (SSSR count). The summed E-state index contributed by atoms with van der Waals surface area (Å²) in [6.45, 7) is 4.54. The van der Waals surface area contributed by atoms with Crippen molar-refractivity contribution < 1.29 is 19.0 Å². The average Bonchev–Trinajstić information content (AvgIpc) is 2.37. The molecule has 1 atom stereocenters. The highest BCUT2D eigenvalue weighted by atomic mass is 19.1. The Labute approximate surface area is 112 Å². The molecule has 0 aromatic heterocycles. The van der Waals surface area contributed by atoms with Gasteiger partial charge in [-0.3, -0.25) is 4.79 Å². The molecule has 0 aliphatic heterocycles. The molecule has 0 amide bonds. The molecule has 0 saturated carbocycles. The van der Waals surface area contributed by atoms with Crippen LogP contribution in [0, 0.1) is 5.82 Å². The molecule has 0 radical (unpaired) electrons. The number of carboxylic acids is 1. The molecule has 0 saturated heterocycles. The second-order valence-corrected chi connectivity index (χ2v) is 4.57. The van der Waals surface area contributed by atoms with E-state index in [1.54, 1.807) is 19.1 Å². The Hall–Kier alpha value is -1.62. The second kappa shape index (κ2) is 7.09. The summed E-state index contributed by atoms with van der Waals surface area (Å²) >= 11 is 0. The number of carbonyl (C=O) groups is 1. The average molecular weight is 269 g/mol. The third-order valence-corrected chi connectivity index (χ3v) is 2.94. The summed E-state index contributed by atoms with van der Waals surface area (Å²) in [5.41, 5.74) is -0.930. The van der Waals surface area contributed by atoms with Crippen LogP contribution in [0.5, 0.6) is 5.75 Å². The van der Waals surface area contributed by atoms with Crippen LogP contribution >= 0.6 is 0 Å². The predicted octanol–water partition coefficient (Wildman–Crippen LogP) is 2.44. The number of likely N-dealkylation sites (N-methyl/N-ethyl adjacent to an activating group) is 1. The summed E-state index contributed by atoms with van der Waals surface area (Å²) in [5.74, 6) is -0.587. The molecule has 0 spiro atoms. The van der Waals surface area contributed by atoms with E-state index < -0.39 is 11.5 Å². The molecule has 106 valence electrons. The molecule has 1 aromatic rings. The van der Waals surface area contributed by atoms with Crippen molar-refractivity contribution in [2.45, 2.75) is 32.2 Å². The molecule has 1 unspecified atom stereocenters. The Morgan fingerprint density at radius 1 is 1.42 bits per heavy atom. The molecule has 4 nitrogen and oxygen atoms in total. The SMILES string of the molecule is CCNC(C)(CCCOc1ccc(F)cc1)C(=O)O. The van der Waals surface area contributed by atoms with Crippen LogP contribution in [0.25, 0.3) is 0 Å². The van der Waals surface area contributed by atoms with Crippen LogP contribution in [0.15, 0.2) is 24.3 Å². The van der Waals surface area contributed by atoms with Gasteiger partial charge in [0.2, 0.25) is 0 Å². The van der Waals surface area contributed by atoms with Gasteiger partial charge in [-0.05, 0) is 50.6 Å². The van der Waals surface area contributed by atoms with Crippen LogP contribution in [0.2, 0.25) is 0 Å². The minimum absolute atomic E-state index is 0.307. The van der Waals surface area contributed by atoms with E-state index in [1.165, 1.54) is 12.1 Å². The van der Waals surface area contributed by atoms with Crippen LogP contribution < -0.4 is 10.1 Å². The third kappa shape index (κ3) is 4.87. The lowest BCUT2D eigenvalue weighted by molar-refractivity contribution is -0.144. The van der Waals surface area contributed by atoms with Gasteiger partial charge >= 0.3 is 5.97 Å². The third-order valence-electron chi connectivity index (χ3n) is 2.94. The van der Waals surface area contributed by atoms with Crippen LogP contribution in [-0.2, 0) is 4.79 Å². The van der Waals surface area contributed by atoms with Crippen molar-refractivity contribution in [3.8, 4) is 5.75 Å². The Morgan fingerprint density at radius 3 is 2.58 bits per heavy atom. The lowest BCUT2D eigenvalue weighted by atomic mass is 9.96. The van der Waals surface area contributed by atoms with Gasteiger partial charge in [-0.25, -0.2) is 4.39 Å². The maximum absolute atomic E-state index is 12.7. The number of hydrogen-bond acceptors (Lipinski definition) is 3. The van der Waals surface area contributed by atoms with Crippen LogP contribution in [0.4, 0.5) is 4.39 Å². The number of nitrogens with one attached hydrogen (secondary N) is 1. The van der Waals surface area contributed by atoms with E-state index in [-0.39, 0.29) is 5.82 Å². The number of aliphatic carboxylic acids is 1. The minimum atomic E-state index is -0.930. The topological polar surface area (TPSA) is 58.6 Å². The highest BCUT2D eigenvalue weighted by molar-refractivity contribution is 5.78.